The second-order valence-electron chi connectivity index (χ2n) is 20.6. The summed E-state index contributed by atoms with van der Waals surface area (Å²) < 4.78 is 0. The van der Waals surface area contributed by atoms with Crippen LogP contribution in [0.2, 0.25) is 0 Å². The quantitative estimate of drug-likeness (QED) is 0.0167. The lowest BCUT2D eigenvalue weighted by molar-refractivity contribution is -0.136. The molecular formula is C55H88N20O14. The van der Waals surface area contributed by atoms with Crippen molar-refractivity contribution in [1.29, 1.82) is 0 Å². The molecule has 2 rings (SSSR count). The second-order valence-corrected chi connectivity index (χ2v) is 20.6. The number of nitrogens with one attached hydrogen (secondary N) is 11. The molecule has 0 aliphatic heterocycles. The van der Waals surface area contributed by atoms with Crippen molar-refractivity contribution in [2.75, 3.05) is 45.9 Å². The fourth-order valence-electron chi connectivity index (χ4n) is 8.13. The largest absolute Gasteiger partial charge is 0.394 e. The third-order valence-electron chi connectivity index (χ3n) is 13.0. The van der Waals surface area contributed by atoms with E-state index in [1.165, 1.54) is 20.8 Å². The number of rotatable bonds is 41. The van der Waals surface area contributed by atoms with Crippen LogP contribution in [0.25, 0.3) is 0 Å². The number of primary amides is 1. The smallest absolute Gasteiger partial charge is 0.245 e. The Labute approximate surface area is 514 Å². The molecule has 27 N–H and O–H groups in total. The van der Waals surface area contributed by atoms with Crippen LogP contribution in [0.5, 0.6) is 0 Å². The Balaban J connectivity index is 2.13. The van der Waals surface area contributed by atoms with Crippen LogP contribution in [0.3, 0.4) is 0 Å². The number of hydrogen-bond donors (Lipinski definition) is 20. The first-order valence-electron chi connectivity index (χ1n) is 28.6. The summed E-state index contributed by atoms with van der Waals surface area (Å²) in [5.74, 6) is -11.1. The molecule has 0 saturated carbocycles. The summed E-state index contributed by atoms with van der Waals surface area (Å²) in [6.45, 7) is 1.11. The summed E-state index contributed by atoms with van der Waals surface area (Å²) >= 11 is 0. The van der Waals surface area contributed by atoms with Crippen LogP contribution in [-0.2, 0) is 70.4 Å². The SMILES string of the molecule is C[C@H](NC(=O)CNC(=O)[C@@H](NC(=O)[C@H](Cc1ccccc1)NC(=O)CNC(=O)CNC(=O)[C@@H](N)Cc1ccccc1)[C@@H](C)O)C(=O)N[C@@H](CCCN=C(N)N)C(=O)N[C@@H](CCCCN)C(=O)N[C@@H](CO)C(=O)N[C@@H](C)C(=O)N[C@@H](CCCN=C(N)N)C(N)=O. The topological polar surface area (TPSA) is 584 Å². The van der Waals surface area contributed by atoms with Gasteiger partial charge < -0.3 is 109 Å². The Bertz CT molecular complexity index is 2730. The number of amides is 12. The minimum Gasteiger partial charge on any atom is -0.394 e. The maximum atomic E-state index is 14.0. The first kappa shape index (κ1) is 75.6. The van der Waals surface area contributed by atoms with Crippen LogP contribution < -0.4 is 98.6 Å². The van der Waals surface area contributed by atoms with Gasteiger partial charge in [-0.15, -0.1) is 0 Å². The molecule has 34 heteroatoms. The highest BCUT2D eigenvalue weighted by molar-refractivity contribution is 5.98. The first-order chi connectivity index (χ1) is 42.1. The van der Waals surface area contributed by atoms with E-state index >= 15 is 0 Å². The summed E-state index contributed by atoms with van der Waals surface area (Å²) in [7, 11) is 0. The molecule has 0 radical (unpaired) electrons. The molecule has 0 aliphatic carbocycles. The van der Waals surface area contributed by atoms with E-state index in [1.807, 2.05) is 6.07 Å². The van der Waals surface area contributed by atoms with Gasteiger partial charge >= 0.3 is 0 Å². The summed E-state index contributed by atoms with van der Waals surface area (Å²) in [6, 6.07) is 4.95. The Kier molecular flexibility index (Phi) is 34.6. The zero-order valence-corrected chi connectivity index (χ0v) is 50.1. The van der Waals surface area contributed by atoms with Crippen LogP contribution >= 0.6 is 0 Å². The van der Waals surface area contributed by atoms with Crippen LogP contribution in [0.1, 0.15) is 76.8 Å². The normalized spacial score (nSPS) is 14.1. The molecule has 89 heavy (non-hydrogen) atoms. The van der Waals surface area contributed by atoms with Gasteiger partial charge in [0.05, 0.1) is 38.4 Å². The minimum atomic E-state index is -1.71. The first-order valence-corrected chi connectivity index (χ1v) is 28.6. The molecule has 492 valence electrons. The van der Waals surface area contributed by atoms with E-state index in [9.17, 15) is 67.7 Å². The van der Waals surface area contributed by atoms with Gasteiger partial charge in [-0.1, -0.05) is 60.7 Å². The molecular weight excluding hydrogens is 1160 g/mol. The van der Waals surface area contributed by atoms with Gasteiger partial charge in [0.1, 0.15) is 48.3 Å². The number of aliphatic hydroxyl groups excluding tert-OH is 2. The molecule has 12 amide bonds. The van der Waals surface area contributed by atoms with Gasteiger partial charge in [-0.05, 0) is 89.8 Å². The zero-order valence-electron chi connectivity index (χ0n) is 50.1. The van der Waals surface area contributed by atoms with Gasteiger partial charge in [0, 0.05) is 19.5 Å². The lowest BCUT2D eigenvalue weighted by Crippen LogP contribution is -2.60. The number of carbonyl (C=O) groups excluding carboxylic acids is 12. The highest BCUT2D eigenvalue weighted by Crippen LogP contribution is 2.09. The van der Waals surface area contributed by atoms with E-state index in [2.05, 4.69) is 68.5 Å². The molecule has 10 atom stereocenters. The molecule has 0 saturated heterocycles. The van der Waals surface area contributed by atoms with Crippen molar-refractivity contribution in [1.82, 2.24) is 58.5 Å². The van der Waals surface area contributed by atoms with Crippen molar-refractivity contribution in [2.24, 2.45) is 50.1 Å². The monoisotopic (exact) mass is 1250 g/mol. The fraction of sp³-hybridized carbons (Fsp3) is 0.527. The molecule has 2 aromatic rings. The molecule has 2 aromatic carbocycles. The van der Waals surface area contributed by atoms with E-state index < -0.39 is 158 Å². The van der Waals surface area contributed by atoms with Gasteiger partial charge in [0.15, 0.2) is 11.9 Å². The van der Waals surface area contributed by atoms with E-state index in [1.54, 1.807) is 54.6 Å². The highest BCUT2D eigenvalue weighted by Gasteiger charge is 2.34. The summed E-state index contributed by atoms with van der Waals surface area (Å²) in [4.78, 5) is 166. The number of unbranched alkanes of at least 4 members (excludes halogenated alkanes) is 1. The van der Waals surface area contributed by atoms with E-state index in [0.717, 1.165) is 5.56 Å². The standard InChI is InChI=1S/C55H88N20O14/c1-30(68-42(79)28-67-53(89)44(32(3)77)75-51(87)39(25-34-16-8-5-9-17-34)70-43(80)27-65-41(78)26-66-48(84)35(57)24-33-14-6-4-7-15-33)46(82)72-38(20-13-23-64-55(61)62)49(85)73-37(18-10-11-21-56)50(86)74-40(29-76)52(88)69-31(2)47(83)71-36(45(58)81)19-12-22-63-54(59)60/h4-9,14-17,30-32,35-40,44,76-77H,10-13,18-29,56-57H2,1-3H3,(H2,58,81)(H,65,78)(H,66,84)(H,67,89)(H,68,79)(H,69,88)(H,70,80)(H,71,83)(H,72,82)(H,73,85)(H,74,86)(H,75,87)(H4,59,60,63)(H4,61,62,64)/t30-,31-,32+,35-,36-,37-,38-,39-,40-,44-/m0/s1. The molecule has 0 fully saturated rings. The highest BCUT2D eigenvalue weighted by atomic mass is 16.3. The Morgan fingerprint density at radius 2 is 0.876 bits per heavy atom. The average Bonchev–Trinajstić information content (AvgIpc) is 3.70. The van der Waals surface area contributed by atoms with Crippen molar-refractivity contribution in [2.45, 2.75) is 139 Å². The van der Waals surface area contributed by atoms with E-state index in [0.29, 0.717) is 12.0 Å². The summed E-state index contributed by atoms with van der Waals surface area (Å²) in [5.41, 5.74) is 40.0. The molecule has 0 aromatic heterocycles. The third-order valence-corrected chi connectivity index (χ3v) is 13.0. The molecule has 0 spiro atoms. The number of nitrogens with zero attached hydrogens (tertiary/aromatic N) is 2. The second kappa shape index (κ2) is 40.8. The van der Waals surface area contributed by atoms with Gasteiger partial charge in [-0.3, -0.25) is 67.5 Å². The number of benzene rings is 2. The molecule has 0 heterocycles. The lowest BCUT2D eigenvalue weighted by atomic mass is 10.0. The van der Waals surface area contributed by atoms with Gasteiger partial charge in [0.25, 0.3) is 0 Å². The van der Waals surface area contributed by atoms with Crippen molar-refractivity contribution >= 4 is 82.8 Å². The van der Waals surface area contributed by atoms with Crippen LogP contribution in [0, 0.1) is 0 Å². The Morgan fingerprint density at radius 3 is 1.39 bits per heavy atom. The number of guanidine groups is 2. The Morgan fingerprint density at radius 1 is 0.449 bits per heavy atom. The van der Waals surface area contributed by atoms with Crippen molar-refractivity contribution in [3.05, 3.63) is 71.8 Å². The maximum absolute atomic E-state index is 14.0. The number of aliphatic imine (C=N–C) groups is 2. The van der Waals surface area contributed by atoms with Gasteiger partial charge in [0.2, 0.25) is 70.9 Å². The third kappa shape index (κ3) is 30.6. The number of hydrogen-bond acceptors (Lipinski definition) is 18. The van der Waals surface area contributed by atoms with Crippen molar-refractivity contribution in [3.8, 4) is 0 Å². The molecule has 0 bridgehead atoms. The molecule has 0 unspecified atom stereocenters. The average molecular weight is 1250 g/mol. The van der Waals surface area contributed by atoms with Gasteiger partial charge in [-0.25, -0.2) is 0 Å². The summed E-state index contributed by atoms with van der Waals surface area (Å²) in [5, 5.41) is 47.2. The van der Waals surface area contributed by atoms with E-state index in [4.69, 9.17) is 40.1 Å². The Hall–Kier alpha value is -9.54. The van der Waals surface area contributed by atoms with Gasteiger partial charge in [-0.2, -0.15) is 0 Å². The van der Waals surface area contributed by atoms with Crippen LogP contribution in [-0.4, -0.2) is 199 Å². The molecule has 0 aliphatic rings. The van der Waals surface area contributed by atoms with Crippen molar-refractivity contribution < 1.29 is 67.7 Å². The maximum Gasteiger partial charge on any atom is 0.245 e. The van der Waals surface area contributed by atoms with E-state index in [-0.39, 0.29) is 82.9 Å². The predicted octanol–water partition coefficient (Wildman–Crippen LogP) is -8.84. The lowest BCUT2D eigenvalue weighted by Gasteiger charge is -2.26. The van der Waals surface area contributed by atoms with Crippen LogP contribution in [0.15, 0.2) is 70.6 Å². The van der Waals surface area contributed by atoms with Crippen LogP contribution in [0.4, 0.5) is 0 Å². The minimum absolute atomic E-state index is 0.00714. The summed E-state index contributed by atoms with van der Waals surface area (Å²) in [6.07, 6.45) is -0.600. The molecule has 34 nitrogen and oxygen atoms in total. The number of carbonyl (C=O) groups is 12. The predicted molar refractivity (Wildman–Crippen MR) is 325 cm³/mol. The number of aliphatic hydroxyl groups is 2. The fourth-order valence-corrected chi connectivity index (χ4v) is 8.13. The number of nitrogens with two attached hydrogens (primary N) is 7. The zero-order chi connectivity index (χ0) is 66.6. The van der Waals surface area contributed by atoms with Crippen molar-refractivity contribution in [3.63, 3.8) is 0 Å².